The number of rotatable bonds is 21. The number of benzene rings is 6. The second kappa shape index (κ2) is 20.1. The molecule has 0 aliphatic carbocycles. The Morgan fingerprint density at radius 3 is 0.944 bits per heavy atom. The molecule has 0 aliphatic heterocycles. The van der Waals surface area contributed by atoms with E-state index in [1.807, 2.05) is 170 Å². The van der Waals surface area contributed by atoms with E-state index < -0.39 is 14.3 Å². The molecule has 8 heteroatoms. The topological polar surface area (TPSA) is 71.1 Å². The van der Waals surface area contributed by atoms with Gasteiger partial charge in [-0.3, -0.25) is 0 Å². The van der Waals surface area contributed by atoms with Gasteiger partial charge in [-0.15, -0.1) is 0 Å². The van der Waals surface area contributed by atoms with E-state index in [4.69, 9.17) is 18.9 Å². The minimum atomic E-state index is -2.83. The summed E-state index contributed by atoms with van der Waals surface area (Å²) in [6.45, 7) is 2.51. The van der Waals surface area contributed by atoms with Gasteiger partial charge < -0.3 is 28.1 Å². The Balaban J connectivity index is 0.909. The molecule has 0 saturated heterocycles. The summed E-state index contributed by atoms with van der Waals surface area (Å²) < 4.78 is 52.7. The summed E-state index contributed by atoms with van der Waals surface area (Å²) >= 11 is 0. The molecule has 6 nitrogen and oxygen atoms in total. The van der Waals surface area contributed by atoms with Crippen LogP contribution in [-0.4, -0.2) is 52.0 Å². The first-order chi connectivity index (χ1) is 26.6. The Hall–Kier alpha value is -4.70. The van der Waals surface area contributed by atoms with Crippen molar-refractivity contribution in [2.45, 2.75) is 12.8 Å². The van der Waals surface area contributed by atoms with Crippen molar-refractivity contribution >= 4 is 35.5 Å². The second-order valence-corrected chi connectivity index (χ2v) is 18.8. The van der Waals surface area contributed by atoms with Crippen LogP contribution in [0.3, 0.4) is 0 Å². The van der Waals surface area contributed by atoms with E-state index in [1.54, 1.807) is 0 Å². The van der Waals surface area contributed by atoms with Crippen molar-refractivity contribution in [2.75, 3.05) is 52.0 Å². The molecule has 0 amide bonds. The Bertz CT molecular complexity index is 1850. The molecule has 0 saturated carbocycles. The zero-order chi connectivity index (χ0) is 37.3. The van der Waals surface area contributed by atoms with Gasteiger partial charge in [-0.1, -0.05) is 158 Å². The van der Waals surface area contributed by atoms with Crippen molar-refractivity contribution in [2.24, 2.45) is 0 Å². The number of ether oxygens (including phenoxy) is 4. The zero-order valence-corrected chi connectivity index (χ0v) is 32.4. The van der Waals surface area contributed by atoms with E-state index in [2.05, 4.69) is 0 Å². The van der Waals surface area contributed by atoms with Crippen molar-refractivity contribution in [1.82, 2.24) is 0 Å². The molecule has 6 aromatic carbocycles. The molecular weight excluding hydrogens is 710 g/mol. The van der Waals surface area contributed by atoms with Crippen LogP contribution in [-0.2, 0) is 31.4 Å². The molecule has 54 heavy (non-hydrogen) atoms. The Morgan fingerprint density at radius 2 is 0.611 bits per heavy atom. The molecule has 0 radical (unpaired) electrons. The standard InChI is InChI=1S/C46H48O6P2/c47-53(41-19-5-1-6-20-41,42-21-7-2-8-22-42)37-29-39-17-13-15-27-45(39)51-35-33-49-31-32-50-34-36-52-46-28-16-14-18-40(46)30-38-54(48,43-23-9-3-10-24-43)44-25-11-4-12-26-44/h1-28H,29-38H2. The van der Waals surface area contributed by atoms with Gasteiger partial charge in [0.1, 0.15) is 39.0 Å². The van der Waals surface area contributed by atoms with E-state index >= 15 is 0 Å². The third kappa shape index (κ3) is 10.5. The third-order valence-electron chi connectivity index (χ3n) is 9.37. The van der Waals surface area contributed by atoms with E-state index in [0.717, 1.165) is 43.8 Å². The Morgan fingerprint density at radius 1 is 0.333 bits per heavy atom. The smallest absolute Gasteiger partial charge is 0.143 e. The van der Waals surface area contributed by atoms with Crippen LogP contribution >= 0.6 is 14.3 Å². The quantitative estimate of drug-likeness (QED) is 0.0544. The van der Waals surface area contributed by atoms with Gasteiger partial charge in [-0.05, 0) is 36.1 Å². The Labute approximate surface area is 319 Å². The van der Waals surface area contributed by atoms with Gasteiger partial charge in [-0.2, -0.15) is 0 Å². The summed E-state index contributed by atoms with van der Waals surface area (Å²) in [5, 5.41) is 3.47. The van der Waals surface area contributed by atoms with E-state index in [-0.39, 0.29) is 0 Å². The van der Waals surface area contributed by atoms with Crippen molar-refractivity contribution in [3.8, 4) is 11.5 Å². The van der Waals surface area contributed by atoms with Crippen molar-refractivity contribution in [1.29, 1.82) is 0 Å². The second-order valence-electron chi connectivity index (χ2n) is 12.9. The summed E-state index contributed by atoms with van der Waals surface area (Å²) in [5.74, 6) is 1.57. The largest absolute Gasteiger partial charge is 0.491 e. The highest BCUT2D eigenvalue weighted by Crippen LogP contribution is 2.45. The predicted octanol–water partition coefficient (Wildman–Crippen LogP) is 8.29. The van der Waals surface area contributed by atoms with Crippen molar-refractivity contribution in [3.05, 3.63) is 181 Å². The summed E-state index contributed by atoms with van der Waals surface area (Å²) in [4.78, 5) is 0. The number of hydrogen-bond donors (Lipinski definition) is 0. The summed E-state index contributed by atoms with van der Waals surface area (Å²) in [5.41, 5.74) is 2.05. The number of para-hydroxylation sites is 2. The average molecular weight is 759 g/mol. The highest BCUT2D eigenvalue weighted by atomic mass is 31.2. The van der Waals surface area contributed by atoms with Crippen LogP contribution in [0.2, 0.25) is 0 Å². The zero-order valence-electron chi connectivity index (χ0n) is 30.6. The van der Waals surface area contributed by atoms with Crippen LogP contribution in [0, 0.1) is 0 Å². The lowest BCUT2D eigenvalue weighted by molar-refractivity contribution is 0.0272. The first kappa shape index (κ1) is 39.0. The van der Waals surface area contributed by atoms with Gasteiger partial charge >= 0.3 is 0 Å². The van der Waals surface area contributed by atoms with E-state index in [1.165, 1.54) is 0 Å². The number of aryl methyl sites for hydroxylation is 2. The van der Waals surface area contributed by atoms with E-state index in [0.29, 0.717) is 64.8 Å². The molecule has 0 atom stereocenters. The average Bonchev–Trinajstić information content (AvgIpc) is 3.24. The maximum Gasteiger partial charge on any atom is 0.143 e. The SMILES string of the molecule is O=P(CCc1ccccc1OCCOCCOCCOc1ccccc1CCP(=O)(c1ccccc1)c1ccccc1)(c1ccccc1)c1ccccc1. The molecule has 0 fully saturated rings. The molecule has 0 aromatic heterocycles. The summed E-state index contributed by atoms with van der Waals surface area (Å²) in [6.07, 6.45) is 2.27. The molecule has 0 bridgehead atoms. The third-order valence-corrected chi connectivity index (χ3v) is 15.6. The van der Waals surface area contributed by atoms with Gasteiger partial charge in [0.05, 0.1) is 26.4 Å². The molecule has 6 rings (SSSR count). The normalized spacial score (nSPS) is 11.6. The maximum atomic E-state index is 14.5. The van der Waals surface area contributed by atoms with Gasteiger partial charge in [0.2, 0.25) is 0 Å². The highest BCUT2D eigenvalue weighted by Gasteiger charge is 2.28. The van der Waals surface area contributed by atoms with Crippen LogP contribution in [0.5, 0.6) is 11.5 Å². The first-order valence-electron chi connectivity index (χ1n) is 18.5. The lowest BCUT2D eigenvalue weighted by atomic mass is 10.1. The van der Waals surface area contributed by atoms with Crippen LogP contribution in [0.15, 0.2) is 170 Å². The Kier molecular flexibility index (Phi) is 14.5. The first-order valence-corrected chi connectivity index (χ1v) is 22.3. The molecule has 0 spiro atoms. The fourth-order valence-electron chi connectivity index (χ4n) is 6.49. The predicted molar refractivity (Wildman–Crippen MR) is 222 cm³/mol. The molecule has 6 aromatic rings. The fraction of sp³-hybridized carbons (Fsp3) is 0.217. The van der Waals surface area contributed by atoms with Crippen LogP contribution in [0.25, 0.3) is 0 Å². The highest BCUT2D eigenvalue weighted by molar-refractivity contribution is 7.79. The molecular formula is C46H48O6P2. The van der Waals surface area contributed by atoms with Crippen LogP contribution in [0.4, 0.5) is 0 Å². The summed E-state index contributed by atoms with van der Waals surface area (Å²) in [7, 11) is -5.65. The lowest BCUT2D eigenvalue weighted by Gasteiger charge is -2.20. The van der Waals surface area contributed by atoms with Crippen molar-refractivity contribution in [3.63, 3.8) is 0 Å². The minimum absolute atomic E-state index is 0.396. The van der Waals surface area contributed by atoms with Crippen LogP contribution in [0.1, 0.15) is 11.1 Å². The minimum Gasteiger partial charge on any atom is -0.491 e. The van der Waals surface area contributed by atoms with Gasteiger partial charge in [0.15, 0.2) is 0 Å². The fourth-order valence-corrected chi connectivity index (χ4v) is 11.8. The lowest BCUT2D eigenvalue weighted by Crippen LogP contribution is -2.19. The van der Waals surface area contributed by atoms with Gasteiger partial charge in [-0.25, -0.2) is 0 Å². The molecule has 0 unspecified atom stereocenters. The molecule has 278 valence electrons. The van der Waals surface area contributed by atoms with Gasteiger partial charge in [0, 0.05) is 33.5 Å². The monoisotopic (exact) mass is 758 g/mol. The van der Waals surface area contributed by atoms with E-state index in [9.17, 15) is 9.13 Å². The van der Waals surface area contributed by atoms with Gasteiger partial charge in [0.25, 0.3) is 0 Å². The summed E-state index contributed by atoms with van der Waals surface area (Å²) in [6, 6.07) is 55.0. The van der Waals surface area contributed by atoms with Crippen LogP contribution < -0.4 is 30.7 Å². The number of hydrogen-bond acceptors (Lipinski definition) is 6. The maximum absolute atomic E-state index is 14.5. The molecule has 0 aliphatic rings. The van der Waals surface area contributed by atoms with Crippen molar-refractivity contribution < 1.29 is 28.1 Å². The molecule has 0 N–H and O–H groups in total. The molecule has 0 heterocycles.